The summed E-state index contributed by atoms with van der Waals surface area (Å²) in [7, 11) is 3.89. The van der Waals surface area contributed by atoms with Crippen LogP contribution in [0.5, 0.6) is 11.5 Å². The molecule has 0 saturated carbocycles. The number of fused-ring (bicyclic) bond motifs is 1. The van der Waals surface area contributed by atoms with E-state index >= 15 is 0 Å². The predicted molar refractivity (Wildman–Crippen MR) is 120 cm³/mol. The Morgan fingerprint density at radius 3 is 2.57 bits per heavy atom. The Kier molecular flexibility index (Phi) is 6.61. The molecule has 1 fully saturated rings. The van der Waals surface area contributed by atoms with Crippen LogP contribution in [0.4, 0.5) is 0 Å². The smallest absolute Gasteiger partial charge is 0.119 e. The van der Waals surface area contributed by atoms with Crippen LogP contribution >= 0.6 is 0 Å². The highest BCUT2D eigenvalue weighted by Gasteiger charge is 2.26. The molecule has 0 aliphatic carbocycles. The Balaban J connectivity index is 1.46. The van der Waals surface area contributed by atoms with E-state index in [4.69, 9.17) is 14.2 Å². The second-order valence-corrected chi connectivity index (χ2v) is 8.78. The summed E-state index contributed by atoms with van der Waals surface area (Å²) in [5, 5.41) is 0. The third-order valence-electron chi connectivity index (χ3n) is 6.28. The van der Waals surface area contributed by atoms with Crippen molar-refractivity contribution in [2.75, 3.05) is 47.0 Å². The van der Waals surface area contributed by atoms with Gasteiger partial charge in [-0.05, 0) is 61.9 Å². The number of hydrogen-bond donors (Lipinski definition) is 0. The molecule has 2 aromatic rings. The minimum atomic E-state index is 0.131. The van der Waals surface area contributed by atoms with Gasteiger partial charge in [0, 0.05) is 38.1 Å². The largest absolute Gasteiger partial charge is 0.497 e. The van der Waals surface area contributed by atoms with Gasteiger partial charge >= 0.3 is 0 Å². The van der Waals surface area contributed by atoms with Crippen LogP contribution in [0.25, 0.3) is 0 Å². The van der Waals surface area contributed by atoms with Crippen LogP contribution in [0.2, 0.25) is 0 Å². The van der Waals surface area contributed by atoms with E-state index in [0.717, 1.165) is 44.3 Å². The van der Waals surface area contributed by atoms with Crippen molar-refractivity contribution in [2.45, 2.75) is 38.5 Å². The van der Waals surface area contributed by atoms with E-state index in [2.05, 4.69) is 61.0 Å². The highest BCUT2D eigenvalue weighted by molar-refractivity contribution is 5.45. The monoisotopic (exact) mass is 410 g/mol. The zero-order valence-corrected chi connectivity index (χ0v) is 18.6. The van der Waals surface area contributed by atoms with Crippen molar-refractivity contribution >= 4 is 0 Å². The first-order valence-electron chi connectivity index (χ1n) is 11.0. The van der Waals surface area contributed by atoms with Gasteiger partial charge in [0.25, 0.3) is 0 Å². The summed E-state index contributed by atoms with van der Waals surface area (Å²) in [5.74, 6) is 2.19. The van der Waals surface area contributed by atoms with Crippen LogP contribution in [-0.4, -0.2) is 69.0 Å². The highest BCUT2D eigenvalue weighted by Crippen LogP contribution is 2.35. The number of benzene rings is 2. The van der Waals surface area contributed by atoms with Gasteiger partial charge in [0.05, 0.1) is 13.7 Å². The standard InChI is InChI=1S/C25H34N2O3/c1-18(2)27-11-12-29-23(15-27)17-30-22-9-10-24-20(13-22)14-26(3)16-25(24)19-5-7-21(28-4)8-6-19/h5-10,13,18,23,25H,11-12,14-17H2,1-4H3. The molecule has 30 heavy (non-hydrogen) atoms. The maximum Gasteiger partial charge on any atom is 0.119 e. The Morgan fingerprint density at radius 2 is 1.83 bits per heavy atom. The fraction of sp³-hybridized carbons (Fsp3) is 0.520. The summed E-state index contributed by atoms with van der Waals surface area (Å²) in [6, 6.07) is 15.6. The lowest BCUT2D eigenvalue weighted by atomic mass is 9.84. The molecule has 2 aromatic carbocycles. The summed E-state index contributed by atoms with van der Waals surface area (Å²) in [6.07, 6.45) is 0.131. The third-order valence-corrected chi connectivity index (χ3v) is 6.28. The van der Waals surface area contributed by atoms with E-state index in [-0.39, 0.29) is 6.10 Å². The average Bonchev–Trinajstić information content (AvgIpc) is 2.77. The maximum atomic E-state index is 6.16. The van der Waals surface area contributed by atoms with Gasteiger partial charge < -0.3 is 19.1 Å². The van der Waals surface area contributed by atoms with Crippen molar-refractivity contribution in [1.82, 2.24) is 9.80 Å². The molecular formula is C25H34N2O3. The van der Waals surface area contributed by atoms with Gasteiger partial charge in [-0.25, -0.2) is 0 Å². The Labute approximate surface area is 180 Å². The minimum absolute atomic E-state index is 0.131. The fourth-order valence-electron chi connectivity index (χ4n) is 4.54. The lowest BCUT2D eigenvalue weighted by Gasteiger charge is -2.35. The molecule has 1 saturated heterocycles. The molecule has 2 atom stereocenters. The molecule has 0 radical (unpaired) electrons. The van der Waals surface area contributed by atoms with Crippen molar-refractivity contribution in [3.8, 4) is 11.5 Å². The van der Waals surface area contributed by atoms with Crippen LogP contribution < -0.4 is 9.47 Å². The maximum absolute atomic E-state index is 6.16. The number of rotatable bonds is 6. The van der Waals surface area contributed by atoms with Crippen LogP contribution in [0.3, 0.4) is 0 Å². The lowest BCUT2D eigenvalue weighted by molar-refractivity contribution is -0.0564. The van der Waals surface area contributed by atoms with E-state index in [0.29, 0.717) is 18.6 Å². The van der Waals surface area contributed by atoms with E-state index in [1.807, 2.05) is 12.1 Å². The summed E-state index contributed by atoms with van der Waals surface area (Å²) in [6.45, 7) is 9.76. The third kappa shape index (κ3) is 4.80. The number of methoxy groups -OCH3 is 1. The van der Waals surface area contributed by atoms with Crippen molar-refractivity contribution in [1.29, 1.82) is 0 Å². The molecule has 2 heterocycles. The summed E-state index contributed by atoms with van der Waals surface area (Å²) < 4.78 is 17.4. The van der Waals surface area contributed by atoms with E-state index in [1.54, 1.807) is 7.11 Å². The zero-order chi connectivity index (χ0) is 21.1. The zero-order valence-electron chi connectivity index (χ0n) is 18.6. The predicted octanol–water partition coefficient (Wildman–Crippen LogP) is 3.76. The average molecular weight is 411 g/mol. The van der Waals surface area contributed by atoms with Gasteiger partial charge in [0.2, 0.25) is 0 Å². The molecular weight excluding hydrogens is 376 g/mol. The second-order valence-electron chi connectivity index (χ2n) is 8.78. The van der Waals surface area contributed by atoms with Crippen molar-refractivity contribution < 1.29 is 14.2 Å². The van der Waals surface area contributed by atoms with Gasteiger partial charge in [-0.1, -0.05) is 18.2 Å². The van der Waals surface area contributed by atoms with E-state index in [9.17, 15) is 0 Å². The number of morpholine rings is 1. The molecule has 0 bridgehead atoms. The number of ether oxygens (including phenoxy) is 3. The Hall–Kier alpha value is -2.08. The molecule has 2 aliphatic heterocycles. The summed E-state index contributed by atoms with van der Waals surface area (Å²) in [4.78, 5) is 4.84. The van der Waals surface area contributed by atoms with Crippen LogP contribution in [0.15, 0.2) is 42.5 Å². The van der Waals surface area contributed by atoms with Crippen molar-refractivity contribution in [3.63, 3.8) is 0 Å². The van der Waals surface area contributed by atoms with Crippen LogP contribution in [0.1, 0.15) is 36.5 Å². The number of likely N-dealkylation sites (N-methyl/N-ethyl adjacent to an activating group) is 1. The van der Waals surface area contributed by atoms with Gasteiger partial charge in [0.1, 0.15) is 24.2 Å². The molecule has 5 nitrogen and oxygen atoms in total. The Bertz CT molecular complexity index is 837. The Morgan fingerprint density at radius 1 is 1.07 bits per heavy atom. The van der Waals surface area contributed by atoms with Crippen molar-refractivity contribution in [3.05, 3.63) is 59.2 Å². The molecule has 162 valence electrons. The summed E-state index contributed by atoms with van der Waals surface area (Å²) >= 11 is 0. The molecule has 5 heteroatoms. The quantitative estimate of drug-likeness (QED) is 0.724. The second kappa shape index (κ2) is 9.38. The molecule has 0 spiro atoms. The summed E-state index contributed by atoms with van der Waals surface area (Å²) in [5.41, 5.74) is 4.06. The first kappa shape index (κ1) is 21.2. The van der Waals surface area contributed by atoms with Gasteiger partial charge in [-0.3, -0.25) is 4.90 Å². The molecule has 2 unspecified atom stereocenters. The topological polar surface area (TPSA) is 34.2 Å². The van der Waals surface area contributed by atoms with Gasteiger partial charge in [-0.2, -0.15) is 0 Å². The molecule has 0 amide bonds. The molecule has 0 aromatic heterocycles. The van der Waals surface area contributed by atoms with Crippen LogP contribution in [-0.2, 0) is 11.3 Å². The molecule has 4 rings (SSSR count). The SMILES string of the molecule is COc1ccc(C2CN(C)Cc3cc(OCC4CN(C(C)C)CCO4)ccc32)cc1. The molecule has 0 N–H and O–H groups in total. The number of hydrogen-bond acceptors (Lipinski definition) is 5. The number of nitrogens with zero attached hydrogens (tertiary/aromatic N) is 2. The van der Waals surface area contributed by atoms with Crippen molar-refractivity contribution in [2.24, 2.45) is 0 Å². The van der Waals surface area contributed by atoms with Gasteiger partial charge in [0.15, 0.2) is 0 Å². The normalized spacial score (nSPS) is 22.7. The minimum Gasteiger partial charge on any atom is -0.497 e. The first-order valence-corrected chi connectivity index (χ1v) is 11.0. The fourth-order valence-corrected chi connectivity index (χ4v) is 4.54. The molecule has 2 aliphatic rings. The van der Waals surface area contributed by atoms with Gasteiger partial charge in [-0.15, -0.1) is 0 Å². The highest BCUT2D eigenvalue weighted by atomic mass is 16.5. The lowest BCUT2D eigenvalue weighted by Crippen LogP contribution is -2.47. The first-order chi connectivity index (χ1) is 14.5. The van der Waals surface area contributed by atoms with E-state index in [1.165, 1.54) is 16.7 Å². The van der Waals surface area contributed by atoms with E-state index < -0.39 is 0 Å². The van der Waals surface area contributed by atoms with Crippen LogP contribution in [0, 0.1) is 0 Å².